The molecule has 0 fully saturated rings. The van der Waals surface area contributed by atoms with Gasteiger partial charge in [0.15, 0.2) is 0 Å². The molecule has 1 amide bonds. The number of hydrogen-bond acceptors (Lipinski definition) is 5. The lowest BCUT2D eigenvalue weighted by molar-refractivity contribution is -0.141. The first-order valence-electron chi connectivity index (χ1n) is 12.0. The molecule has 36 heavy (non-hydrogen) atoms. The molecule has 2 aromatic carbocycles. The van der Waals surface area contributed by atoms with Crippen LogP contribution in [0.3, 0.4) is 0 Å². The topological polar surface area (TPSA) is 78.0 Å². The molecule has 0 radical (unpaired) electrons. The molecule has 1 N–H and O–H groups in total. The second kappa shape index (κ2) is 10.5. The number of alkyl halides is 3. The summed E-state index contributed by atoms with van der Waals surface area (Å²) in [5.74, 6) is 0.190. The number of hydrogen-bond donors (Lipinski definition) is 1. The lowest BCUT2D eigenvalue weighted by Crippen LogP contribution is -2.36. The van der Waals surface area contributed by atoms with E-state index in [1.54, 1.807) is 11.8 Å². The Kier molecular flexibility index (Phi) is 7.42. The van der Waals surface area contributed by atoms with Gasteiger partial charge in [0.05, 0.1) is 6.67 Å². The zero-order valence-electron chi connectivity index (χ0n) is 20.5. The van der Waals surface area contributed by atoms with Crippen molar-refractivity contribution in [1.82, 2.24) is 30.4 Å². The van der Waals surface area contributed by atoms with Crippen molar-refractivity contribution < 1.29 is 18.0 Å². The van der Waals surface area contributed by atoms with Crippen molar-refractivity contribution in [1.29, 1.82) is 0 Å². The summed E-state index contributed by atoms with van der Waals surface area (Å²) >= 11 is 0. The van der Waals surface area contributed by atoms with Crippen LogP contribution in [0.2, 0.25) is 0 Å². The molecule has 3 aromatic rings. The summed E-state index contributed by atoms with van der Waals surface area (Å²) in [6.45, 7) is 5.71. The lowest BCUT2D eigenvalue weighted by atomic mass is 9.98. The van der Waals surface area contributed by atoms with Gasteiger partial charge >= 0.3 is 6.18 Å². The third-order valence-corrected chi connectivity index (χ3v) is 6.22. The maximum absolute atomic E-state index is 14.1. The van der Waals surface area contributed by atoms with E-state index in [-0.39, 0.29) is 37.7 Å². The van der Waals surface area contributed by atoms with E-state index in [2.05, 4.69) is 20.6 Å². The second-order valence-electron chi connectivity index (χ2n) is 9.22. The molecule has 0 bridgehead atoms. The Labute approximate surface area is 208 Å². The summed E-state index contributed by atoms with van der Waals surface area (Å²) in [4.78, 5) is 15.0. The molecule has 1 aliphatic rings. The van der Waals surface area contributed by atoms with Gasteiger partial charge in [-0.2, -0.15) is 18.4 Å². The Hall–Kier alpha value is -3.69. The fourth-order valence-corrected chi connectivity index (χ4v) is 4.41. The van der Waals surface area contributed by atoms with Crippen LogP contribution in [0.25, 0.3) is 22.5 Å². The first-order valence-corrected chi connectivity index (χ1v) is 12.0. The Bertz CT molecular complexity index is 1220. The van der Waals surface area contributed by atoms with Crippen molar-refractivity contribution >= 4 is 5.91 Å². The van der Waals surface area contributed by atoms with Crippen LogP contribution in [0.4, 0.5) is 13.2 Å². The molecule has 2 heterocycles. The van der Waals surface area contributed by atoms with E-state index in [1.807, 2.05) is 62.4 Å². The maximum Gasteiger partial charge on any atom is 0.433 e. The zero-order chi connectivity index (χ0) is 25.9. The van der Waals surface area contributed by atoms with Gasteiger partial charge in [0, 0.05) is 24.2 Å². The van der Waals surface area contributed by atoms with Gasteiger partial charge < -0.3 is 4.90 Å². The predicted molar refractivity (Wildman–Crippen MR) is 130 cm³/mol. The van der Waals surface area contributed by atoms with Crippen LogP contribution in [0, 0.1) is 5.92 Å². The number of tetrazole rings is 1. The Morgan fingerprint density at radius 1 is 1.08 bits per heavy atom. The highest BCUT2D eigenvalue weighted by Gasteiger charge is 2.47. The van der Waals surface area contributed by atoms with E-state index < -0.39 is 17.8 Å². The van der Waals surface area contributed by atoms with Crippen molar-refractivity contribution in [2.45, 2.75) is 52.8 Å². The molecule has 0 saturated carbocycles. The molecule has 1 aromatic heterocycles. The van der Waals surface area contributed by atoms with Gasteiger partial charge in [0.1, 0.15) is 5.70 Å². The first-order chi connectivity index (χ1) is 17.2. The summed E-state index contributed by atoms with van der Waals surface area (Å²) in [5, 5.41) is 14.2. The molecule has 1 aliphatic heterocycles. The largest absolute Gasteiger partial charge is 0.433 e. The number of aromatic amines is 1. The number of nitrogens with zero attached hydrogens (tertiary/aromatic N) is 5. The minimum atomic E-state index is -4.60. The van der Waals surface area contributed by atoms with E-state index in [0.717, 1.165) is 27.2 Å². The van der Waals surface area contributed by atoms with Crippen LogP contribution in [0.1, 0.15) is 45.6 Å². The van der Waals surface area contributed by atoms with E-state index in [4.69, 9.17) is 0 Å². The van der Waals surface area contributed by atoms with Crippen molar-refractivity contribution in [3.05, 3.63) is 65.5 Å². The average Bonchev–Trinajstić information content (AvgIpc) is 3.51. The molecule has 0 spiro atoms. The molecule has 10 heteroatoms. The third kappa shape index (κ3) is 5.42. The average molecular weight is 499 g/mol. The fraction of sp³-hybridized carbons (Fsp3) is 0.385. The Balaban J connectivity index is 1.62. The SMILES string of the molecule is CCC(=O)N1CN(Cc2ccc(-c3ccccc3-c3nn[nH]n3)cc2)C(CCC(C)C)=C1C(F)(F)F. The minimum absolute atomic E-state index is 0.0133. The lowest BCUT2D eigenvalue weighted by Gasteiger charge is -2.24. The number of amides is 1. The molecule has 190 valence electrons. The number of allylic oxidation sites excluding steroid dienone is 2. The summed E-state index contributed by atoms with van der Waals surface area (Å²) in [6.07, 6.45) is -3.73. The molecular weight excluding hydrogens is 469 g/mol. The molecule has 0 atom stereocenters. The van der Waals surface area contributed by atoms with Crippen LogP contribution in [0.15, 0.2) is 59.9 Å². The van der Waals surface area contributed by atoms with E-state index in [0.29, 0.717) is 12.2 Å². The highest BCUT2D eigenvalue weighted by molar-refractivity contribution is 5.80. The second-order valence-corrected chi connectivity index (χ2v) is 9.22. The maximum atomic E-state index is 14.1. The Morgan fingerprint density at radius 3 is 2.36 bits per heavy atom. The van der Waals surface area contributed by atoms with Crippen molar-refractivity contribution in [3.63, 3.8) is 0 Å². The van der Waals surface area contributed by atoms with Crippen LogP contribution >= 0.6 is 0 Å². The molecular formula is C26H29F3N6O. The zero-order valence-corrected chi connectivity index (χ0v) is 20.5. The van der Waals surface area contributed by atoms with Gasteiger partial charge in [-0.15, -0.1) is 10.2 Å². The van der Waals surface area contributed by atoms with E-state index in [1.165, 1.54) is 0 Å². The normalized spacial score (nSPS) is 14.3. The predicted octanol–water partition coefficient (Wildman–Crippen LogP) is 5.76. The quantitative estimate of drug-likeness (QED) is 0.428. The highest BCUT2D eigenvalue weighted by Crippen LogP contribution is 2.40. The summed E-state index contributed by atoms with van der Waals surface area (Å²) in [5.41, 5.74) is 2.88. The number of H-pyrrole nitrogens is 1. The molecule has 7 nitrogen and oxygen atoms in total. The summed E-state index contributed by atoms with van der Waals surface area (Å²) < 4.78 is 42.3. The van der Waals surface area contributed by atoms with Crippen molar-refractivity contribution in [3.8, 4) is 22.5 Å². The van der Waals surface area contributed by atoms with Crippen molar-refractivity contribution in [2.24, 2.45) is 5.92 Å². The molecule has 4 rings (SSSR count). The number of aromatic nitrogens is 4. The monoisotopic (exact) mass is 498 g/mol. The fourth-order valence-electron chi connectivity index (χ4n) is 4.41. The van der Waals surface area contributed by atoms with E-state index >= 15 is 0 Å². The van der Waals surface area contributed by atoms with Crippen LogP contribution in [-0.2, 0) is 11.3 Å². The number of carbonyl (C=O) groups excluding carboxylic acids is 1. The van der Waals surface area contributed by atoms with Crippen LogP contribution < -0.4 is 0 Å². The number of benzene rings is 2. The van der Waals surface area contributed by atoms with Gasteiger partial charge in [-0.05, 0) is 40.7 Å². The Morgan fingerprint density at radius 2 is 1.78 bits per heavy atom. The smallest absolute Gasteiger partial charge is 0.351 e. The highest BCUT2D eigenvalue weighted by atomic mass is 19.4. The number of nitrogens with one attached hydrogen (secondary N) is 1. The van der Waals surface area contributed by atoms with Crippen LogP contribution in [0.5, 0.6) is 0 Å². The van der Waals surface area contributed by atoms with Gasteiger partial charge in [0.2, 0.25) is 11.7 Å². The molecule has 0 unspecified atom stereocenters. The first kappa shape index (κ1) is 25.4. The van der Waals surface area contributed by atoms with E-state index in [9.17, 15) is 18.0 Å². The van der Waals surface area contributed by atoms with Gasteiger partial charge in [-0.1, -0.05) is 69.3 Å². The van der Waals surface area contributed by atoms with Gasteiger partial charge in [-0.3, -0.25) is 9.69 Å². The van der Waals surface area contributed by atoms with Crippen molar-refractivity contribution in [2.75, 3.05) is 6.67 Å². The van der Waals surface area contributed by atoms with Crippen LogP contribution in [-0.4, -0.2) is 49.2 Å². The minimum Gasteiger partial charge on any atom is -0.351 e. The van der Waals surface area contributed by atoms with Gasteiger partial charge in [0.25, 0.3) is 0 Å². The summed E-state index contributed by atoms with van der Waals surface area (Å²) in [6, 6.07) is 15.3. The number of rotatable bonds is 8. The number of halogens is 3. The molecule has 0 saturated heterocycles. The standard InChI is InChI=1S/C26H29F3N6O/c1-4-23(36)35-16-34(22(14-9-17(2)3)24(35)26(27,28)29)15-18-10-12-19(13-11-18)20-7-5-6-8-21(20)25-30-32-33-31-25/h5-8,10-13,17H,4,9,14-16H2,1-3H3,(H,30,31,32,33). The molecule has 0 aliphatic carbocycles. The third-order valence-electron chi connectivity index (χ3n) is 6.22. The van der Waals surface area contributed by atoms with Gasteiger partial charge in [-0.25, -0.2) is 0 Å². The number of carbonyl (C=O) groups is 1. The summed E-state index contributed by atoms with van der Waals surface area (Å²) in [7, 11) is 0.